The number of nitrogens with one attached hydrogen (secondary N) is 5. The second-order valence-corrected chi connectivity index (χ2v) is 6.70. The van der Waals surface area contributed by atoms with Crippen molar-refractivity contribution >= 4 is 23.6 Å². The SMILES string of the molecule is CNC1=CC(Nc2cccnc2OC)=N/C(=C(/C=N)C(=O)NCCC2CCCO2)N1. The summed E-state index contributed by atoms with van der Waals surface area (Å²) >= 11 is 0. The summed E-state index contributed by atoms with van der Waals surface area (Å²) in [4.78, 5) is 21.3. The Hall–Kier alpha value is -3.40. The Morgan fingerprint density at radius 2 is 2.37 bits per heavy atom. The Bertz CT molecular complexity index is 873. The molecule has 0 saturated carbocycles. The molecule has 3 heterocycles. The summed E-state index contributed by atoms with van der Waals surface area (Å²) in [6.45, 7) is 1.26. The molecule has 1 fully saturated rings. The third-order valence-corrected chi connectivity index (χ3v) is 4.68. The first-order chi connectivity index (χ1) is 14.6. The van der Waals surface area contributed by atoms with Crippen LogP contribution in [0.1, 0.15) is 19.3 Å². The lowest BCUT2D eigenvalue weighted by molar-refractivity contribution is -0.117. The van der Waals surface area contributed by atoms with Crippen LogP contribution < -0.4 is 26.0 Å². The highest BCUT2D eigenvalue weighted by atomic mass is 16.5. The summed E-state index contributed by atoms with van der Waals surface area (Å²) < 4.78 is 10.8. The number of rotatable bonds is 8. The summed E-state index contributed by atoms with van der Waals surface area (Å²) in [7, 11) is 3.28. The second-order valence-electron chi connectivity index (χ2n) is 6.70. The molecular weight excluding hydrogens is 386 g/mol. The van der Waals surface area contributed by atoms with Crippen LogP contribution in [0.4, 0.5) is 5.69 Å². The molecule has 5 N–H and O–H groups in total. The van der Waals surface area contributed by atoms with Gasteiger partial charge in [-0.25, -0.2) is 9.98 Å². The molecule has 30 heavy (non-hydrogen) atoms. The quantitative estimate of drug-likeness (QED) is 0.318. The van der Waals surface area contributed by atoms with E-state index in [4.69, 9.17) is 14.9 Å². The molecule has 0 aliphatic carbocycles. The van der Waals surface area contributed by atoms with Gasteiger partial charge in [0, 0.05) is 38.7 Å². The van der Waals surface area contributed by atoms with Gasteiger partial charge in [-0.2, -0.15) is 0 Å². The Morgan fingerprint density at radius 1 is 1.50 bits per heavy atom. The Kier molecular flexibility index (Phi) is 7.39. The van der Waals surface area contributed by atoms with E-state index in [-0.39, 0.29) is 23.4 Å². The Balaban J connectivity index is 1.76. The molecule has 0 spiro atoms. The summed E-state index contributed by atoms with van der Waals surface area (Å²) in [5.41, 5.74) is 0.754. The maximum atomic E-state index is 12.6. The number of methoxy groups -OCH3 is 1. The predicted octanol–water partition coefficient (Wildman–Crippen LogP) is 1.11. The first-order valence-corrected chi connectivity index (χ1v) is 9.80. The van der Waals surface area contributed by atoms with Crippen molar-refractivity contribution in [3.8, 4) is 5.88 Å². The van der Waals surface area contributed by atoms with E-state index in [1.54, 1.807) is 25.4 Å². The third kappa shape index (κ3) is 5.35. The van der Waals surface area contributed by atoms with Crippen LogP contribution in [0.2, 0.25) is 0 Å². The summed E-state index contributed by atoms with van der Waals surface area (Å²) in [6, 6.07) is 3.58. The van der Waals surface area contributed by atoms with Crippen molar-refractivity contribution in [2.75, 3.05) is 32.6 Å². The van der Waals surface area contributed by atoms with Crippen molar-refractivity contribution < 1.29 is 14.3 Å². The number of ether oxygens (including phenoxy) is 2. The standard InChI is InChI=1S/C20H27N7O3/c1-22-16-11-17(25-15-6-3-8-24-20(15)29-2)27-18(26-16)14(12-21)19(28)23-9-7-13-5-4-10-30-13/h3,6,8,11-13,21-22,26H,4-5,7,9-10H2,1-2H3,(H,23,28)(H,25,27)/b18-14-,21-12?. The van der Waals surface area contributed by atoms with Crippen LogP contribution in [-0.4, -0.2) is 56.4 Å². The van der Waals surface area contributed by atoms with Gasteiger partial charge in [-0.3, -0.25) is 4.79 Å². The minimum absolute atomic E-state index is 0.126. The van der Waals surface area contributed by atoms with Gasteiger partial charge in [0.15, 0.2) is 0 Å². The van der Waals surface area contributed by atoms with Crippen molar-refractivity contribution in [3.63, 3.8) is 0 Å². The highest BCUT2D eigenvalue weighted by Gasteiger charge is 2.20. The van der Waals surface area contributed by atoms with Crippen molar-refractivity contribution in [2.24, 2.45) is 4.99 Å². The number of carbonyl (C=O) groups is 1. The molecule has 10 nitrogen and oxygen atoms in total. The third-order valence-electron chi connectivity index (χ3n) is 4.68. The summed E-state index contributed by atoms with van der Waals surface area (Å²) in [5, 5.41) is 19.8. The average Bonchev–Trinajstić information content (AvgIpc) is 3.28. The molecule has 1 aromatic heterocycles. The maximum Gasteiger partial charge on any atom is 0.256 e. The molecule has 10 heteroatoms. The highest BCUT2D eigenvalue weighted by Crippen LogP contribution is 2.21. The Morgan fingerprint density at radius 3 is 3.07 bits per heavy atom. The summed E-state index contributed by atoms with van der Waals surface area (Å²) in [6.07, 6.45) is 7.38. The van der Waals surface area contributed by atoms with Crippen molar-refractivity contribution in [2.45, 2.75) is 25.4 Å². The highest BCUT2D eigenvalue weighted by molar-refractivity contribution is 6.13. The van der Waals surface area contributed by atoms with E-state index < -0.39 is 0 Å². The monoisotopic (exact) mass is 413 g/mol. The predicted molar refractivity (Wildman–Crippen MR) is 115 cm³/mol. The van der Waals surface area contributed by atoms with Crippen molar-refractivity contribution in [1.82, 2.24) is 20.9 Å². The van der Waals surface area contributed by atoms with Gasteiger partial charge in [-0.05, 0) is 31.4 Å². The molecular formula is C20H27N7O3. The smallest absolute Gasteiger partial charge is 0.256 e. The number of anilines is 1. The number of nitrogens with zero attached hydrogens (tertiary/aromatic N) is 2. The molecule has 160 valence electrons. The fourth-order valence-corrected chi connectivity index (χ4v) is 3.15. The van der Waals surface area contributed by atoms with E-state index in [2.05, 4.69) is 31.2 Å². The molecule has 0 aromatic carbocycles. The van der Waals surface area contributed by atoms with Crippen LogP contribution in [0, 0.1) is 5.41 Å². The molecule has 1 aromatic rings. The number of carbonyl (C=O) groups excluding carboxylic acids is 1. The van der Waals surface area contributed by atoms with E-state index in [0.29, 0.717) is 29.8 Å². The number of aromatic nitrogens is 1. The van der Waals surface area contributed by atoms with Crippen LogP contribution in [0.5, 0.6) is 5.88 Å². The van der Waals surface area contributed by atoms with Crippen molar-refractivity contribution in [3.05, 3.63) is 41.6 Å². The van der Waals surface area contributed by atoms with Crippen LogP contribution in [0.15, 0.2) is 46.6 Å². The van der Waals surface area contributed by atoms with Gasteiger partial charge >= 0.3 is 0 Å². The molecule has 0 bridgehead atoms. The largest absolute Gasteiger partial charge is 0.480 e. The van der Waals surface area contributed by atoms with Gasteiger partial charge in [0.05, 0.1) is 18.8 Å². The fourth-order valence-electron chi connectivity index (χ4n) is 3.15. The number of amidine groups is 1. The number of pyridine rings is 1. The Labute approximate surface area is 175 Å². The van der Waals surface area contributed by atoms with E-state index in [9.17, 15) is 4.79 Å². The first-order valence-electron chi connectivity index (χ1n) is 9.80. The molecule has 2 aliphatic heterocycles. The number of hydrogen-bond acceptors (Lipinski definition) is 9. The first kappa shape index (κ1) is 21.3. The van der Waals surface area contributed by atoms with E-state index in [0.717, 1.165) is 32.1 Å². The lowest BCUT2D eigenvalue weighted by atomic mass is 10.2. The number of aliphatic imine (C=N–C) groups is 1. The lowest BCUT2D eigenvalue weighted by Crippen LogP contribution is -2.34. The minimum Gasteiger partial charge on any atom is -0.480 e. The van der Waals surface area contributed by atoms with Crippen LogP contribution >= 0.6 is 0 Å². The average molecular weight is 413 g/mol. The molecule has 3 rings (SSSR count). The van der Waals surface area contributed by atoms with E-state index >= 15 is 0 Å². The second kappa shape index (κ2) is 10.4. The van der Waals surface area contributed by atoms with Crippen LogP contribution in [-0.2, 0) is 9.53 Å². The van der Waals surface area contributed by atoms with Gasteiger partial charge in [-0.1, -0.05) is 0 Å². The van der Waals surface area contributed by atoms with Gasteiger partial charge in [0.25, 0.3) is 5.91 Å². The number of amides is 1. The van der Waals surface area contributed by atoms with E-state index in [1.165, 1.54) is 7.11 Å². The van der Waals surface area contributed by atoms with Gasteiger partial charge < -0.3 is 36.2 Å². The van der Waals surface area contributed by atoms with Crippen molar-refractivity contribution in [1.29, 1.82) is 5.41 Å². The minimum atomic E-state index is -0.370. The molecule has 2 aliphatic rings. The maximum absolute atomic E-state index is 12.6. The lowest BCUT2D eigenvalue weighted by Gasteiger charge is -2.20. The van der Waals surface area contributed by atoms with Crippen LogP contribution in [0.3, 0.4) is 0 Å². The van der Waals surface area contributed by atoms with E-state index in [1.807, 2.05) is 6.07 Å². The van der Waals surface area contributed by atoms with Crippen LogP contribution in [0.25, 0.3) is 0 Å². The molecule has 1 amide bonds. The fraction of sp³-hybridized carbons (Fsp3) is 0.400. The molecule has 1 atom stereocenters. The van der Waals surface area contributed by atoms with Gasteiger partial charge in [-0.15, -0.1) is 0 Å². The zero-order chi connectivity index (χ0) is 21.3. The normalized spacial score (nSPS) is 19.7. The number of hydrogen-bond donors (Lipinski definition) is 5. The molecule has 1 saturated heterocycles. The topological polar surface area (TPSA) is 133 Å². The molecule has 1 unspecified atom stereocenters. The molecule has 0 radical (unpaired) electrons. The zero-order valence-corrected chi connectivity index (χ0v) is 17.1. The summed E-state index contributed by atoms with van der Waals surface area (Å²) in [5.74, 6) is 1.40. The van der Waals surface area contributed by atoms with Gasteiger partial charge in [0.2, 0.25) is 5.88 Å². The van der Waals surface area contributed by atoms with Gasteiger partial charge in [0.1, 0.15) is 23.2 Å². The zero-order valence-electron chi connectivity index (χ0n) is 17.1.